The Hall–Kier alpha value is -3.54. The molecule has 1 unspecified atom stereocenters. The molecule has 6 heteroatoms. The number of aryl methyl sites for hydroxylation is 1. The molecule has 0 aliphatic rings. The van der Waals surface area contributed by atoms with E-state index < -0.39 is 18.0 Å². The van der Waals surface area contributed by atoms with Crippen LogP contribution < -0.4 is 10.1 Å². The Kier molecular flexibility index (Phi) is 6.46. The number of ether oxygens (including phenoxy) is 2. The first kappa shape index (κ1) is 19.2. The molecule has 0 saturated heterocycles. The molecular formula is C22H21NO5. The van der Waals surface area contributed by atoms with Crippen molar-refractivity contribution in [2.45, 2.75) is 25.9 Å². The van der Waals surface area contributed by atoms with E-state index in [9.17, 15) is 9.59 Å². The lowest BCUT2D eigenvalue weighted by molar-refractivity contribution is -0.153. The van der Waals surface area contributed by atoms with Crippen molar-refractivity contribution in [1.82, 2.24) is 0 Å². The second-order valence-electron chi connectivity index (χ2n) is 6.14. The van der Waals surface area contributed by atoms with Gasteiger partial charge in [0.15, 0.2) is 6.10 Å². The maximum Gasteiger partial charge on any atom is 0.307 e. The third-order valence-electron chi connectivity index (χ3n) is 3.93. The van der Waals surface area contributed by atoms with Gasteiger partial charge in [-0.2, -0.15) is 0 Å². The molecular weight excluding hydrogens is 358 g/mol. The van der Waals surface area contributed by atoms with E-state index in [2.05, 4.69) is 5.32 Å². The summed E-state index contributed by atoms with van der Waals surface area (Å²) < 4.78 is 16.0. The van der Waals surface area contributed by atoms with Crippen molar-refractivity contribution in [3.05, 3.63) is 78.8 Å². The maximum atomic E-state index is 12.2. The fraction of sp³-hybridized carbons (Fsp3) is 0.182. The lowest BCUT2D eigenvalue weighted by Gasteiger charge is -2.14. The summed E-state index contributed by atoms with van der Waals surface area (Å²) in [5.74, 6) is 1.23. The molecule has 0 aliphatic heterocycles. The van der Waals surface area contributed by atoms with Crippen LogP contribution in [0.4, 0.5) is 5.69 Å². The molecule has 2 aromatic carbocycles. The molecule has 0 spiro atoms. The van der Waals surface area contributed by atoms with Crippen LogP contribution in [-0.4, -0.2) is 18.0 Å². The molecule has 0 bridgehead atoms. The maximum absolute atomic E-state index is 12.2. The number of carbonyl (C=O) groups excluding carboxylic acids is 2. The van der Waals surface area contributed by atoms with E-state index in [0.29, 0.717) is 23.6 Å². The van der Waals surface area contributed by atoms with E-state index in [1.807, 2.05) is 30.3 Å². The number of nitrogens with one attached hydrogen (secondary N) is 1. The van der Waals surface area contributed by atoms with Gasteiger partial charge in [-0.25, -0.2) is 0 Å². The largest absolute Gasteiger partial charge is 0.469 e. The minimum atomic E-state index is -0.899. The predicted molar refractivity (Wildman–Crippen MR) is 104 cm³/mol. The Morgan fingerprint density at radius 3 is 2.36 bits per heavy atom. The fourth-order valence-corrected chi connectivity index (χ4v) is 2.46. The molecule has 28 heavy (non-hydrogen) atoms. The first-order valence-corrected chi connectivity index (χ1v) is 8.96. The minimum Gasteiger partial charge on any atom is -0.469 e. The van der Waals surface area contributed by atoms with Crippen LogP contribution in [0.5, 0.6) is 11.5 Å². The lowest BCUT2D eigenvalue weighted by atomic mass is 10.2. The summed E-state index contributed by atoms with van der Waals surface area (Å²) in [4.78, 5) is 24.1. The topological polar surface area (TPSA) is 77.8 Å². The summed E-state index contributed by atoms with van der Waals surface area (Å²) >= 11 is 0. The number of amides is 1. The number of esters is 1. The first-order valence-electron chi connectivity index (χ1n) is 8.96. The Labute approximate surface area is 163 Å². The standard InChI is InChI=1S/C22H21NO5/c1-16(27-21(24)14-13-18-8-5-15-26-18)22(25)23-17-9-11-20(12-10-17)28-19-6-3-2-4-7-19/h2-12,15-16H,13-14H2,1H3,(H,23,25). The monoisotopic (exact) mass is 379 g/mol. The van der Waals surface area contributed by atoms with Crippen molar-refractivity contribution in [1.29, 1.82) is 0 Å². The van der Waals surface area contributed by atoms with Gasteiger partial charge < -0.3 is 19.2 Å². The second-order valence-corrected chi connectivity index (χ2v) is 6.14. The van der Waals surface area contributed by atoms with Gasteiger partial charge in [-0.1, -0.05) is 18.2 Å². The van der Waals surface area contributed by atoms with E-state index in [1.54, 1.807) is 42.7 Å². The summed E-state index contributed by atoms with van der Waals surface area (Å²) in [5.41, 5.74) is 0.587. The van der Waals surface area contributed by atoms with Crippen molar-refractivity contribution in [3.8, 4) is 11.5 Å². The number of hydrogen-bond acceptors (Lipinski definition) is 5. The van der Waals surface area contributed by atoms with Crippen molar-refractivity contribution in [2.75, 3.05) is 5.32 Å². The highest BCUT2D eigenvalue weighted by Crippen LogP contribution is 2.22. The van der Waals surface area contributed by atoms with E-state index in [0.717, 1.165) is 5.75 Å². The second kappa shape index (κ2) is 9.41. The number of benzene rings is 2. The Bertz CT molecular complexity index is 888. The number of rotatable bonds is 8. The van der Waals surface area contributed by atoms with Crippen LogP contribution in [0.3, 0.4) is 0 Å². The van der Waals surface area contributed by atoms with E-state index in [-0.39, 0.29) is 6.42 Å². The average Bonchev–Trinajstić information content (AvgIpc) is 3.22. The molecule has 6 nitrogen and oxygen atoms in total. The number of carbonyl (C=O) groups is 2. The van der Waals surface area contributed by atoms with Crippen LogP contribution in [0.15, 0.2) is 77.4 Å². The van der Waals surface area contributed by atoms with Gasteiger partial charge in [0.25, 0.3) is 5.91 Å². The Balaban J connectivity index is 1.46. The summed E-state index contributed by atoms with van der Waals surface area (Å²) in [7, 11) is 0. The van der Waals surface area contributed by atoms with Crippen LogP contribution in [-0.2, 0) is 20.7 Å². The third-order valence-corrected chi connectivity index (χ3v) is 3.93. The molecule has 144 valence electrons. The molecule has 1 aromatic heterocycles. The molecule has 0 saturated carbocycles. The molecule has 1 heterocycles. The van der Waals surface area contributed by atoms with Gasteiger partial charge in [-0.15, -0.1) is 0 Å². The summed E-state index contributed by atoms with van der Waals surface area (Å²) in [6.07, 6.45) is 1.23. The zero-order chi connectivity index (χ0) is 19.8. The summed E-state index contributed by atoms with van der Waals surface area (Å²) in [6, 6.07) is 19.9. The van der Waals surface area contributed by atoms with Crippen molar-refractivity contribution in [2.24, 2.45) is 0 Å². The Morgan fingerprint density at radius 2 is 1.68 bits per heavy atom. The minimum absolute atomic E-state index is 0.149. The fourth-order valence-electron chi connectivity index (χ4n) is 2.46. The van der Waals surface area contributed by atoms with Gasteiger partial charge in [0.2, 0.25) is 0 Å². The highest BCUT2D eigenvalue weighted by molar-refractivity contribution is 5.95. The van der Waals surface area contributed by atoms with Crippen LogP contribution in [0, 0.1) is 0 Å². The molecule has 0 aliphatic carbocycles. The van der Waals surface area contributed by atoms with Crippen LogP contribution >= 0.6 is 0 Å². The van der Waals surface area contributed by atoms with E-state index in [4.69, 9.17) is 13.9 Å². The molecule has 3 aromatic rings. The quantitative estimate of drug-likeness (QED) is 0.580. The third kappa shape index (κ3) is 5.74. The number of hydrogen-bond donors (Lipinski definition) is 1. The van der Waals surface area contributed by atoms with Crippen molar-refractivity contribution in [3.63, 3.8) is 0 Å². The van der Waals surface area contributed by atoms with Crippen molar-refractivity contribution < 1.29 is 23.5 Å². The van der Waals surface area contributed by atoms with Gasteiger partial charge in [0.05, 0.1) is 12.7 Å². The first-order chi connectivity index (χ1) is 13.6. The van der Waals surface area contributed by atoms with Crippen LogP contribution in [0.2, 0.25) is 0 Å². The SMILES string of the molecule is CC(OC(=O)CCc1ccco1)C(=O)Nc1ccc(Oc2ccccc2)cc1. The number of anilines is 1. The van der Waals surface area contributed by atoms with Gasteiger partial charge in [0.1, 0.15) is 17.3 Å². The van der Waals surface area contributed by atoms with Gasteiger partial charge in [0, 0.05) is 12.1 Å². The summed E-state index contributed by atoms with van der Waals surface area (Å²) in [6.45, 7) is 1.53. The Morgan fingerprint density at radius 1 is 0.964 bits per heavy atom. The number of furan rings is 1. The molecule has 1 atom stereocenters. The molecule has 0 radical (unpaired) electrons. The molecule has 0 fully saturated rings. The van der Waals surface area contributed by atoms with Crippen molar-refractivity contribution >= 4 is 17.6 Å². The number of para-hydroxylation sites is 1. The lowest BCUT2D eigenvalue weighted by Crippen LogP contribution is -2.30. The van der Waals surface area contributed by atoms with Gasteiger partial charge in [-0.3, -0.25) is 9.59 Å². The van der Waals surface area contributed by atoms with E-state index >= 15 is 0 Å². The van der Waals surface area contributed by atoms with Gasteiger partial charge in [-0.05, 0) is 55.5 Å². The smallest absolute Gasteiger partial charge is 0.307 e. The zero-order valence-electron chi connectivity index (χ0n) is 15.5. The van der Waals surface area contributed by atoms with Gasteiger partial charge >= 0.3 is 5.97 Å². The summed E-state index contributed by atoms with van der Waals surface area (Å²) in [5, 5.41) is 2.72. The van der Waals surface area contributed by atoms with Crippen LogP contribution in [0.25, 0.3) is 0 Å². The molecule has 1 amide bonds. The molecule has 1 N–H and O–H groups in total. The van der Waals surface area contributed by atoms with Crippen LogP contribution in [0.1, 0.15) is 19.1 Å². The predicted octanol–water partition coefficient (Wildman–Crippen LogP) is 4.57. The average molecular weight is 379 g/mol. The van der Waals surface area contributed by atoms with E-state index in [1.165, 1.54) is 6.92 Å². The highest BCUT2D eigenvalue weighted by Gasteiger charge is 2.18. The highest BCUT2D eigenvalue weighted by atomic mass is 16.5. The molecule has 3 rings (SSSR count). The normalized spacial score (nSPS) is 11.5. The zero-order valence-corrected chi connectivity index (χ0v) is 15.5.